The molecule has 0 unspecified atom stereocenters. The molecule has 2 N–H and O–H groups in total. The Balaban J connectivity index is 1.36. The first-order valence-electron chi connectivity index (χ1n) is 14.3. The van der Waals surface area contributed by atoms with Gasteiger partial charge in [-0.2, -0.15) is 0 Å². The fraction of sp³-hybridized carbons (Fsp3) is 1.00. The summed E-state index contributed by atoms with van der Waals surface area (Å²) in [5.41, 5.74) is 0.971. The maximum absolute atomic E-state index is 10.9. The molecule has 3 nitrogen and oxygen atoms in total. The van der Waals surface area contributed by atoms with E-state index in [0.29, 0.717) is 45.5 Å². The van der Waals surface area contributed by atoms with Crippen LogP contribution < -0.4 is 0 Å². The van der Waals surface area contributed by atoms with Gasteiger partial charge in [0.1, 0.15) is 0 Å². The minimum absolute atomic E-state index is 0.0418. The molecule has 33 heavy (non-hydrogen) atoms. The van der Waals surface area contributed by atoms with E-state index in [0.717, 1.165) is 18.8 Å². The summed E-state index contributed by atoms with van der Waals surface area (Å²) >= 11 is 0. The SMILES string of the molecule is C[C@H]1CC[C@H](C(C)(C)O)O[C@H]2C[C@@]3(C)[C@@H]4CC[C@H]5C(C)(C)[C@@H](O)CC[C@@]56C[C@@]46CC[C@]3(C)[C@@H]21. The van der Waals surface area contributed by atoms with Gasteiger partial charge in [0.25, 0.3) is 0 Å². The molecular weight excluding hydrogens is 408 g/mol. The lowest BCUT2D eigenvalue weighted by Gasteiger charge is -2.63. The van der Waals surface area contributed by atoms with Crippen molar-refractivity contribution >= 4 is 0 Å². The first-order valence-corrected chi connectivity index (χ1v) is 14.3. The summed E-state index contributed by atoms with van der Waals surface area (Å²) in [6, 6.07) is 0. The Hall–Kier alpha value is -0.120. The highest BCUT2D eigenvalue weighted by Crippen LogP contribution is 2.89. The van der Waals surface area contributed by atoms with E-state index < -0.39 is 5.60 Å². The highest BCUT2D eigenvalue weighted by molar-refractivity contribution is 5.31. The van der Waals surface area contributed by atoms with Crippen LogP contribution in [0.3, 0.4) is 0 Å². The second kappa shape index (κ2) is 6.60. The van der Waals surface area contributed by atoms with E-state index >= 15 is 0 Å². The van der Waals surface area contributed by atoms with E-state index in [1.807, 2.05) is 13.8 Å². The molecule has 1 saturated heterocycles. The fourth-order valence-electron chi connectivity index (χ4n) is 11.9. The van der Waals surface area contributed by atoms with Gasteiger partial charge in [-0.15, -0.1) is 0 Å². The highest BCUT2D eigenvalue weighted by Gasteiger charge is 2.83. The van der Waals surface area contributed by atoms with Crippen molar-refractivity contribution in [1.82, 2.24) is 0 Å². The topological polar surface area (TPSA) is 49.7 Å². The van der Waals surface area contributed by atoms with Crippen LogP contribution in [0.5, 0.6) is 0 Å². The number of hydrogen-bond acceptors (Lipinski definition) is 3. The minimum atomic E-state index is -0.765. The van der Waals surface area contributed by atoms with Crippen LogP contribution in [0.2, 0.25) is 0 Å². The summed E-state index contributed by atoms with van der Waals surface area (Å²) in [6.45, 7) is 16.4. The van der Waals surface area contributed by atoms with Crippen molar-refractivity contribution in [1.29, 1.82) is 0 Å². The Bertz CT molecular complexity index is 829. The number of aliphatic hydroxyl groups excluding tert-OH is 1. The molecule has 0 radical (unpaired) electrons. The van der Waals surface area contributed by atoms with Gasteiger partial charge in [-0.25, -0.2) is 0 Å². The second-order valence-electron chi connectivity index (χ2n) is 15.5. The molecule has 0 bridgehead atoms. The van der Waals surface area contributed by atoms with Gasteiger partial charge in [0.05, 0.1) is 23.9 Å². The standard InChI is InChI=1S/C30H50O3/c1-18-8-11-23(26(4,5)32)33-19-16-28(7)21-10-9-20-25(2,3)22(31)12-13-29(20)17-30(21,29)15-14-27(28,6)24(18)19/h18-24,31-32H,8-17H2,1-7H3/t18-,19-,20-,21-,22-,23+,24+,27+,28-,29+,30-/m0/s1. The smallest absolute Gasteiger partial charge is 0.0860 e. The molecule has 6 rings (SSSR count). The van der Waals surface area contributed by atoms with E-state index in [2.05, 4.69) is 34.6 Å². The summed E-state index contributed by atoms with van der Waals surface area (Å²) < 4.78 is 6.89. The van der Waals surface area contributed by atoms with Crippen molar-refractivity contribution in [3.8, 4) is 0 Å². The van der Waals surface area contributed by atoms with Crippen LogP contribution in [0.15, 0.2) is 0 Å². The largest absolute Gasteiger partial charge is 0.393 e. The van der Waals surface area contributed by atoms with Crippen molar-refractivity contribution in [2.45, 2.75) is 137 Å². The fourth-order valence-corrected chi connectivity index (χ4v) is 11.9. The van der Waals surface area contributed by atoms with Gasteiger partial charge in [-0.05, 0) is 129 Å². The zero-order valence-electron chi connectivity index (χ0n) is 22.4. The maximum atomic E-state index is 10.9. The number of ether oxygens (including phenoxy) is 1. The lowest BCUT2D eigenvalue weighted by atomic mass is 9.41. The highest BCUT2D eigenvalue weighted by atomic mass is 16.5. The first-order chi connectivity index (χ1) is 15.2. The van der Waals surface area contributed by atoms with Crippen LogP contribution in [0.4, 0.5) is 0 Å². The molecule has 3 heteroatoms. The molecule has 1 aliphatic heterocycles. The molecule has 5 aliphatic carbocycles. The Kier molecular flexibility index (Phi) is 4.66. The number of aliphatic hydroxyl groups is 2. The molecule has 188 valence electrons. The van der Waals surface area contributed by atoms with Crippen LogP contribution in [0, 0.1) is 50.7 Å². The zero-order chi connectivity index (χ0) is 23.8. The lowest BCUT2D eigenvalue weighted by molar-refractivity contribution is -0.161. The second-order valence-corrected chi connectivity index (χ2v) is 15.5. The number of hydrogen-bond donors (Lipinski definition) is 2. The van der Waals surface area contributed by atoms with Gasteiger partial charge >= 0.3 is 0 Å². The van der Waals surface area contributed by atoms with Crippen molar-refractivity contribution < 1.29 is 14.9 Å². The zero-order valence-corrected chi connectivity index (χ0v) is 22.4. The van der Waals surface area contributed by atoms with Crippen molar-refractivity contribution in [3.63, 3.8) is 0 Å². The van der Waals surface area contributed by atoms with Gasteiger partial charge in [0.15, 0.2) is 0 Å². The van der Waals surface area contributed by atoms with E-state index in [4.69, 9.17) is 4.74 Å². The molecule has 1 heterocycles. The van der Waals surface area contributed by atoms with Crippen molar-refractivity contribution in [3.05, 3.63) is 0 Å². The van der Waals surface area contributed by atoms with Gasteiger partial charge in [0.2, 0.25) is 0 Å². The summed E-state index contributed by atoms with van der Waals surface area (Å²) in [5, 5.41) is 21.7. The van der Waals surface area contributed by atoms with Crippen LogP contribution in [0.1, 0.15) is 113 Å². The Morgan fingerprint density at radius 3 is 2.18 bits per heavy atom. The van der Waals surface area contributed by atoms with Crippen molar-refractivity contribution in [2.75, 3.05) is 0 Å². The molecular formula is C30H50O3. The molecule has 0 amide bonds. The third kappa shape index (κ3) is 2.64. The molecule has 2 spiro atoms. The van der Waals surface area contributed by atoms with E-state index in [1.165, 1.54) is 51.4 Å². The third-order valence-electron chi connectivity index (χ3n) is 13.7. The molecule has 0 aromatic carbocycles. The average Bonchev–Trinajstić information content (AvgIpc) is 3.35. The quantitative estimate of drug-likeness (QED) is 0.481. The predicted octanol–water partition coefficient (Wildman–Crippen LogP) is 6.35. The van der Waals surface area contributed by atoms with Crippen molar-refractivity contribution in [2.24, 2.45) is 50.7 Å². The van der Waals surface area contributed by atoms with Crippen LogP contribution >= 0.6 is 0 Å². The maximum Gasteiger partial charge on any atom is 0.0860 e. The monoisotopic (exact) mass is 458 g/mol. The molecule has 5 saturated carbocycles. The minimum Gasteiger partial charge on any atom is -0.393 e. The molecule has 0 aromatic heterocycles. The van der Waals surface area contributed by atoms with Gasteiger partial charge < -0.3 is 14.9 Å². The van der Waals surface area contributed by atoms with Gasteiger partial charge in [-0.1, -0.05) is 34.6 Å². The normalized spacial score (nSPS) is 59.4. The summed E-state index contributed by atoms with van der Waals surface area (Å²) in [5.74, 6) is 2.77. The van der Waals surface area contributed by atoms with Crippen LogP contribution in [-0.2, 0) is 4.74 Å². The van der Waals surface area contributed by atoms with Gasteiger partial charge in [-0.3, -0.25) is 0 Å². The van der Waals surface area contributed by atoms with Crippen LogP contribution in [0.25, 0.3) is 0 Å². The van der Waals surface area contributed by atoms with Crippen LogP contribution in [-0.4, -0.2) is 34.1 Å². The third-order valence-corrected chi connectivity index (χ3v) is 13.7. The van der Waals surface area contributed by atoms with E-state index in [9.17, 15) is 10.2 Å². The summed E-state index contributed by atoms with van der Waals surface area (Å²) in [6.07, 6.45) is 12.6. The van der Waals surface area contributed by atoms with Gasteiger partial charge in [0, 0.05) is 0 Å². The molecule has 0 aromatic rings. The Labute approximate surface area is 202 Å². The molecule has 6 aliphatic rings. The molecule has 11 atom stereocenters. The summed E-state index contributed by atoms with van der Waals surface area (Å²) in [4.78, 5) is 0. The van der Waals surface area contributed by atoms with E-state index in [1.54, 1.807) is 0 Å². The Morgan fingerprint density at radius 1 is 0.818 bits per heavy atom. The molecule has 6 fully saturated rings. The number of fused-ring (bicyclic) bond motifs is 4. The van der Waals surface area contributed by atoms with E-state index in [-0.39, 0.29) is 17.6 Å². The lowest BCUT2D eigenvalue weighted by Crippen LogP contribution is -2.57. The number of rotatable bonds is 1. The summed E-state index contributed by atoms with van der Waals surface area (Å²) in [7, 11) is 0. The first kappa shape index (κ1) is 23.3. The average molecular weight is 459 g/mol. The Morgan fingerprint density at radius 2 is 1.48 bits per heavy atom. The predicted molar refractivity (Wildman–Crippen MR) is 132 cm³/mol.